The fourth-order valence-electron chi connectivity index (χ4n) is 9.89. The molecule has 3 fully saturated rings. The first-order valence-corrected chi connectivity index (χ1v) is 26.7. The molecular weight excluding hydrogens is 933 g/mol. The molecule has 3 heterocycles. The van der Waals surface area contributed by atoms with Crippen LogP contribution in [0, 0.1) is 5.41 Å². The van der Waals surface area contributed by atoms with Crippen molar-refractivity contribution in [1.29, 1.82) is 0 Å². The molecule has 0 saturated carbocycles. The van der Waals surface area contributed by atoms with E-state index in [2.05, 4.69) is 124 Å². The van der Waals surface area contributed by atoms with Crippen LogP contribution in [0.4, 0.5) is 4.79 Å². The molecule has 0 bridgehead atoms. The summed E-state index contributed by atoms with van der Waals surface area (Å²) in [6.07, 6.45) is -0.190. The summed E-state index contributed by atoms with van der Waals surface area (Å²) < 4.78 is 45.2. The van der Waals surface area contributed by atoms with Crippen molar-refractivity contribution in [2.24, 2.45) is 5.41 Å². The summed E-state index contributed by atoms with van der Waals surface area (Å²) in [7, 11) is 19.6. The van der Waals surface area contributed by atoms with Crippen LogP contribution in [0.2, 0.25) is 0 Å². The number of esters is 1. The third-order valence-corrected chi connectivity index (χ3v) is 14.2. The number of nitrogens with one attached hydrogen (secondary N) is 1. The number of amides is 2. The second-order valence-corrected chi connectivity index (χ2v) is 25.2. The Balaban J connectivity index is 1.06. The molecule has 3 aliphatic heterocycles. The van der Waals surface area contributed by atoms with E-state index in [0.717, 1.165) is 80.5 Å². The molecule has 2 N–H and O–H groups in total. The Labute approximate surface area is 438 Å². The lowest BCUT2D eigenvalue weighted by atomic mass is 9.93. The number of quaternary nitrogens is 4. The standard InChI is InChI=1S/C56H95N6O11/c1-16-42-20-22-43(23-21-42)36-60(10,11)33-17-29-57-47(64)28-35-62(14,15)38-45-26-24-44(25-27-45)37-61(12,13)34-19-31-58(30-18-32-59(7,8)9)53(66)67-41-56(6,40-63)52(65)70-51-50-49(72-55(4,5)73-50)48(69-51)46-39-68-54(2,3)71-46/h20-27,46,48-51,63H,16-19,28-41H2,1-15H3/q+3/p+1/t46?,48-,49+,50+,51?,56?/m1/s1. The highest BCUT2D eigenvalue weighted by Gasteiger charge is 2.61. The topological polar surface area (TPSA) is 151 Å². The Bertz CT molecular complexity index is 2090. The molecule has 3 aliphatic rings. The van der Waals surface area contributed by atoms with E-state index in [1.165, 1.54) is 29.2 Å². The number of nitrogens with zero attached hydrogens (tertiary/aromatic N) is 5. The number of hydrogen-bond acceptors (Lipinski definition) is 11. The molecule has 6 atom stereocenters. The van der Waals surface area contributed by atoms with Crippen molar-refractivity contribution in [1.82, 2.24) is 10.2 Å². The third kappa shape index (κ3) is 19.1. The van der Waals surface area contributed by atoms with Crippen molar-refractivity contribution in [3.8, 4) is 0 Å². The van der Waals surface area contributed by atoms with Crippen LogP contribution in [0.3, 0.4) is 0 Å². The fourth-order valence-corrected chi connectivity index (χ4v) is 9.89. The van der Waals surface area contributed by atoms with Crippen LogP contribution in [0.1, 0.15) is 89.5 Å². The third-order valence-electron chi connectivity index (χ3n) is 14.2. The minimum absolute atomic E-state index is 0.104. The lowest BCUT2D eigenvalue weighted by Gasteiger charge is -2.32. The Morgan fingerprint density at radius 2 is 1.21 bits per heavy atom. The molecular formula is C56H96N6O11+4. The van der Waals surface area contributed by atoms with Crippen LogP contribution < -0.4 is 5.32 Å². The zero-order valence-corrected chi connectivity index (χ0v) is 47.5. The summed E-state index contributed by atoms with van der Waals surface area (Å²) in [6.45, 7) is 17.8. The smallest absolute Gasteiger partial charge is 0.409 e. The van der Waals surface area contributed by atoms with Crippen LogP contribution in [-0.4, -0.2) is 217 Å². The van der Waals surface area contributed by atoms with Crippen molar-refractivity contribution < 1.29 is 70.6 Å². The van der Waals surface area contributed by atoms with E-state index in [-0.39, 0.29) is 12.5 Å². The molecule has 73 heavy (non-hydrogen) atoms. The summed E-state index contributed by atoms with van der Waals surface area (Å²) in [5.74, 6) is -2.45. The molecule has 0 aromatic heterocycles. The Morgan fingerprint density at radius 3 is 1.71 bits per heavy atom. The van der Waals surface area contributed by atoms with Gasteiger partial charge in [0.25, 0.3) is 0 Å². The number of hydrogen-bond donors (Lipinski definition) is 2. The highest BCUT2D eigenvalue weighted by Crippen LogP contribution is 2.43. The van der Waals surface area contributed by atoms with Gasteiger partial charge in [0.15, 0.2) is 17.7 Å². The van der Waals surface area contributed by atoms with Crippen molar-refractivity contribution in [2.45, 2.75) is 136 Å². The van der Waals surface area contributed by atoms with Crippen molar-refractivity contribution in [2.75, 3.05) is 129 Å². The largest absolute Gasteiger partial charge is 0.448 e. The first kappa shape index (κ1) is 60.1. The number of fused-ring (bicyclic) bond motifs is 1. The Kier molecular flexibility index (Phi) is 20.5. The molecule has 5 rings (SSSR count). The van der Waals surface area contributed by atoms with E-state index in [4.69, 9.17) is 33.2 Å². The van der Waals surface area contributed by atoms with Gasteiger partial charge in [0, 0.05) is 55.6 Å². The monoisotopic (exact) mass is 1030 g/mol. The second-order valence-electron chi connectivity index (χ2n) is 25.2. The molecule has 3 unspecified atom stereocenters. The predicted octanol–water partition coefficient (Wildman–Crippen LogP) is 5.44. The predicted molar refractivity (Wildman–Crippen MR) is 280 cm³/mol. The Hall–Kier alpha value is -3.75. The van der Waals surface area contributed by atoms with Gasteiger partial charge in [0.05, 0.1) is 109 Å². The van der Waals surface area contributed by atoms with Crippen molar-refractivity contribution in [3.63, 3.8) is 0 Å². The maximum atomic E-state index is 13.8. The van der Waals surface area contributed by atoms with Gasteiger partial charge in [0.2, 0.25) is 12.2 Å². The Morgan fingerprint density at radius 1 is 0.699 bits per heavy atom. The molecule has 0 spiro atoms. The number of rotatable bonds is 28. The SMILES string of the molecule is CCc1ccc(C[N+](C)(C)CCCNC(=O)CC[N+](C)(C)Cc2ccc(C[N+](C)(C)CCCN(CCC[N+](C)(C)C)C(=O)OCC(C)(CO)C(=O)OC3O[C@H](C4COC(C)(C)O4)[C@@H]4OC(C)(C)O[C@H]34)cc2)cc1. The number of aliphatic hydroxyl groups is 1. The minimum Gasteiger partial charge on any atom is -0.448 e. The fraction of sp³-hybridized carbons (Fsp3) is 0.732. The van der Waals surface area contributed by atoms with Crippen LogP contribution in [-0.2, 0) is 68.8 Å². The van der Waals surface area contributed by atoms with Gasteiger partial charge in [-0.2, -0.15) is 0 Å². The first-order chi connectivity index (χ1) is 33.9. The van der Waals surface area contributed by atoms with E-state index in [0.29, 0.717) is 35.0 Å². The molecule has 2 aromatic carbocycles. The van der Waals surface area contributed by atoms with Crippen molar-refractivity contribution in [3.05, 3.63) is 70.8 Å². The van der Waals surface area contributed by atoms with Crippen LogP contribution >= 0.6 is 0 Å². The molecule has 3 saturated heterocycles. The highest BCUT2D eigenvalue weighted by atomic mass is 16.8. The lowest BCUT2D eigenvalue weighted by molar-refractivity contribution is -0.903. The number of ether oxygens (including phenoxy) is 7. The summed E-state index contributed by atoms with van der Waals surface area (Å²) in [5.41, 5.74) is 3.57. The summed E-state index contributed by atoms with van der Waals surface area (Å²) in [4.78, 5) is 42.2. The average molecular weight is 1030 g/mol. The normalized spacial score (nSPS) is 22.7. The molecule has 0 radical (unpaired) electrons. The van der Waals surface area contributed by atoms with E-state index in [9.17, 15) is 19.5 Å². The van der Waals surface area contributed by atoms with Crippen LogP contribution in [0.5, 0.6) is 0 Å². The quantitative estimate of drug-likeness (QED) is 0.0638. The maximum Gasteiger partial charge on any atom is 0.409 e. The number of aryl methyl sites for hydroxylation is 1. The van der Waals surface area contributed by atoms with Gasteiger partial charge in [-0.1, -0.05) is 55.5 Å². The highest BCUT2D eigenvalue weighted by molar-refractivity contribution is 5.78. The molecule has 412 valence electrons. The van der Waals surface area contributed by atoms with Gasteiger partial charge in [-0.25, -0.2) is 4.79 Å². The van der Waals surface area contributed by atoms with Crippen LogP contribution in [0.25, 0.3) is 0 Å². The van der Waals surface area contributed by atoms with Gasteiger partial charge in [-0.15, -0.1) is 0 Å². The molecule has 2 amide bonds. The second kappa shape index (κ2) is 24.9. The van der Waals surface area contributed by atoms with Gasteiger partial charge >= 0.3 is 12.1 Å². The number of aliphatic hydroxyl groups excluding tert-OH is 1. The zero-order valence-electron chi connectivity index (χ0n) is 47.5. The summed E-state index contributed by atoms with van der Waals surface area (Å²) >= 11 is 0. The van der Waals surface area contributed by atoms with Crippen LogP contribution in [0.15, 0.2) is 48.5 Å². The number of carbonyl (C=O) groups excluding carboxylic acids is 3. The zero-order chi connectivity index (χ0) is 54.0. The summed E-state index contributed by atoms with van der Waals surface area (Å²) in [5, 5.41) is 13.7. The number of benzene rings is 2. The first-order valence-electron chi connectivity index (χ1n) is 26.7. The van der Waals surface area contributed by atoms with E-state index in [1.54, 1.807) is 18.7 Å². The average Bonchev–Trinajstić information content (AvgIpc) is 3.94. The molecule has 2 aromatic rings. The van der Waals surface area contributed by atoms with Crippen molar-refractivity contribution >= 4 is 18.0 Å². The van der Waals surface area contributed by atoms with E-state index < -0.39 is 73.0 Å². The lowest BCUT2D eigenvalue weighted by Crippen LogP contribution is -2.45. The summed E-state index contributed by atoms with van der Waals surface area (Å²) in [6, 6.07) is 17.7. The van der Waals surface area contributed by atoms with Gasteiger partial charge < -0.3 is 66.4 Å². The van der Waals surface area contributed by atoms with Gasteiger partial charge in [0.1, 0.15) is 50.0 Å². The van der Waals surface area contributed by atoms with Gasteiger partial charge in [-0.3, -0.25) is 9.59 Å². The number of carbonyl (C=O) groups is 3. The molecule has 0 aliphatic carbocycles. The maximum absolute atomic E-state index is 13.8. The minimum atomic E-state index is -1.58. The van der Waals surface area contributed by atoms with E-state index in [1.807, 2.05) is 13.8 Å². The molecule has 17 nitrogen and oxygen atoms in total. The van der Waals surface area contributed by atoms with Gasteiger partial charge in [-0.05, 0) is 46.6 Å². The molecule has 17 heteroatoms. The van der Waals surface area contributed by atoms with E-state index >= 15 is 0 Å².